The van der Waals surface area contributed by atoms with Crippen molar-refractivity contribution in [3.63, 3.8) is 0 Å². The van der Waals surface area contributed by atoms with Crippen LogP contribution < -0.4 is 10.9 Å². The summed E-state index contributed by atoms with van der Waals surface area (Å²) in [5, 5.41) is 11.6. The lowest BCUT2D eigenvalue weighted by atomic mass is 10.2. The van der Waals surface area contributed by atoms with Crippen LogP contribution >= 0.6 is 11.8 Å². The Kier molecular flexibility index (Phi) is 4.74. The molecule has 0 aliphatic heterocycles. The highest BCUT2D eigenvalue weighted by atomic mass is 32.2. The van der Waals surface area contributed by atoms with E-state index in [9.17, 15) is 9.59 Å². The smallest absolute Gasteiger partial charge is 0.274 e. The molecule has 0 bridgehead atoms. The van der Waals surface area contributed by atoms with Crippen LogP contribution in [0.4, 0.5) is 5.69 Å². The number of nitrogens with one attached hydrogen (secondary N) is 2. The molecule has 0 radical (unpaired) electrons. The number of thioether (sulfide) groups is 1. The largest absolute Gasteiger partial charge is 0.319 e. The summed E-state index contributed by atoms with van der Waals surface area (Å²) in [4.78, 5) is 30.4. The Morgan fingerprint density at radius 3 is 2.95 bits per heavy atom. The Bertz CT molecular complexity index is 764. The molecule has 6 nitrogen and oxygen atoms in total. The van der Waals surface area contributed by atoms with Crippen LogP contribution in [0.2, 0.25) is 0 Å². The minimum absolute atomic E-state index is 0.0237. The van der Waals surface area contributed by atoms with Crippen LogP contribution in [-0.2, 0) is 5.75 Å². The average molecular weight is 300 g/mol. The van der Waals surface area contributed by atoms with Crippen molar-refractivity contribution in [3.05, 3.63) is 57.8 Å². The first-order valence-corrected chi connectivity index (χ1v) is 7.43. The van der Waals surface area contributed by atoms with E-state index in [1.807, 2.05) is 12.3 Å². The van der Waals surface area contributed by atoms with Gasteiger partial charge in [-0.25, -0.2) is 4.98 Å². The van der Waals surface area contributed by atoms with Gasteiger partial charge in [-0.05, 0) is 18.4 Å². The molecule has 0 aliphatic carbocycles. The number of benzene rings is 1. The van der Waals surface area contributed by atoms with Crippen LogP contribution in [0.25, 0.3) is 0 Å². The fraction of sp³-hybridized carbons (Fsp3) is 0.143. The first kappa shape index (κ1) is 14.8. The summed E-state index contributed by atoms with van der Waals surface area (Å²) in [6, 6.07) is 9.75. The summed E-state index contributed by atoms with van der Waals surface area (Å²) < 4.78 is 0. The molecular weight excluding hydrogens is 288 g/mol. The number of rotatable bonds is 4. The van der Waals surface area contributed by atoms with Gasteiger partial charge in [-0.1, -0.05) is 12.1 Å². The summed E-state index contributed by atoms with van der Waals surface area (Å²) in [5.74, 6) is 0.422. The van der Waals surface area contributed by atoms with E-state index in [0.29, 0.717) is 22.8 Å². The molecule has 2 aromatic rings. The van der Waals surface area contributed by atoms with Crippen LogP contribution in [0.1, 0.15) is 21.9 Å². The van der Waals surface area contributed by atoms with Gasteiger partial charge in [0.2, 0.25) is 0 Å². The first-order valence-electron chi connectivity index (χ1n) is 6.03. The highest BCUT2D eigenvalue weighted by Gasteiger charge is 2.12. The first-order chi connectivity index (χ1) is 10.1. The van der Waals surface area contributed by atoms with Crippen LogP contribution in [0.5, 0.6) is 0 Å². The molecule has 0 spiro atoms. The normalized spacial score (nSPS) is 9.90. The van der Waals surface area contributed by atoms with Gasteiger partial charge in [0.05, 0.1) is 17.0 Å². The van der Waals surface area contributed by atoms with Gasteiger partial charge in [-0.3, -0.25) is 9.59 Å². The zero-order valence-electron chi connectivity index (χ0n) is 11.2. The van der Waals surface area contributed by atoms with E-state index in [2.05, 4.69) is 15.3 Å². The Hall–Kier alpha value is -2.59. The number of hydrogen-bond donors (Lipinski definition) is 2. The number of aromatic amines is 1. The number of nitriles is 1. The molecule has 1 aromatic carbocycles. The topological polar surface area (TPSA) is 98.6 Å². The molecule has 2 N–H and O–H groups in total. The Morgan fingerprint density at radius 1 is 1.48 bits per heavy atom. The Balaban J connectivity index is 2.29. The SMILES string of the molecule is CSCc1nc(C(=O)Nc2ccccc2C#N)cc(=O)[nH]1. The molecule has 1 heterocycles. The van der Waals surface area contributed by atoms with E-state index in [1.165, 1.54) is 11.8 Å². The summed E-state index contributed by atoms with van der Waals surface area (Å²) in [5.41, 5.74) is 0.377. The second-order valence-electron chi connectivity index (χ2n) is 4.12. The molecule has 2 rings (SSSR count). The number of hydrogen-bond acceptors (Lipinski definition) is 5. The summed E-state index contributed by atoms with van der Waals surface area (Å²) >= 11 is 1.49. The predicted octanol–water partition coefficient (Wildman–Crippen LogP) is 1.76. The molecule has 0 unspecified atom stereocenters. The van der Waals surface area contributed by atoms with Crippen molar-refractivity contribution in [2.45, 2.75) is 5.75 Å². The maximum absolute atomic E-state index is 12.1. The maximum Gasteiger partial charge on any atom is 0.274 e. The number of carbonyl (C=O) groups excluding carboxylic acids is 1. The molecule has 0 saturated heterocycles. The minimum atomic E-state index is -0.522. The van der Waals surface area contributed by atoms with Gasteiger partial charge < -0.3 is 10.3 Å². The second kappa shape index (κ2) is 6.72. The highest BCUT2D eigenvalue weighted by molar-refractivity contribution is 7.97. The molecule has 0 atom stereocenters. The van der Waals surface area contributed by atoms with E-state index in [-0.39, 0.29) is 11.3 Å². The Labute approximate surface area is 125 Å². The van der Waals surface area contributed by atoms with Crippen molar-refractivity contribution < 1.29 is 4.79 Å². The van der Waals surface area contributed by atoms with E-state index in [0.717, 1.165) is 6.07 Å². The molecular formula is C14H12N4O2S. The van der Waals surface area contributed by atoms with E-state index in [4.69, 9.17) is 5.26 Å². The molecule has 1 amide bonds. The van der Waals surface area contributed by atoms with Crippen molar-refractivity contribution in [1.82, 2.24) is 9.97 Å². The third kappa shape index (κ3) is 3.70. The number of amides is 1. The highest BCUT2D eigenvalue weighted by Crippen LogP contribution is 2.14. The number of H-pyrrole nitrogens is 1. The van der Waals surface area contributed by atoms with Crippen molar-refractivity contribution in [1.29, 1.82) is 5.26 Å². The lowest BCUT2D eigenvalue weighted by Crippen LogP contribution is -2.20. The maximum atomic E-state index is 12.1. The zero-order valence-corrected chi connectivity index (χ0v) is 12.0. The fourth-order valence-corrected chi connectivity index (χ4v) is 2.12. The Morgan fingerprint density at radius 2 is 2.24 bits per heavy atom. The van der Waals surface area contributed by atoms with Gasteiger partial charge in [0.15, 0.2) is 0 Å². The van der Waals surface area contributed by atoms with Crippen molar-refractivity contribution in [2.24, 2.45) is 0 Å². The molecule has 21 heavy (non-hydrogen) atoms. The average Bonchev–Trinajstić information content (AvgIpc) is 2.47. The summed E-state index contributed by atoms with van der Waals surface area (Å²) in [6.45, 7) is 0. The lowest BCUT2D eigenvalue weighted by molar-refractivity contribution is 0.102. The number of para-hydroxylation sites is 1. The number of nitrogens with zero attached hydrogens (tertiary/aromatic N) is 2. The van der Waals surface area contributed by atoms with Gasteiger partial charge >= 0.3 is 0 Å². The van der Waals surface area contributed by atoms with Crippen molar-refractivity contribution in [2.75, 3.05) is 11.6 Å². The molecule has 0 saturated carbocycles. The van der Waals surface area contributed by atoms with Crippen LogP contribution in [0.15, 0.2) is 35.1 Å². The van der Waals surface area contributed by atoms with Crippen LogP contribution in [0.3, 0.4) is 0 Å². The summed E-state index contributed by atoms with van der Waals surface area (Å²) in [6.07, 6.45) is 1.87. The van der Waals surface area contributed by atoms with Crippen molar-refractivity contribution in [3.8, 4) is 6.07 Å². The third-order valence-corrected chi connectivity index (χ3v) is 3.16. The van der Waals surface area contributed by atoms with E-state index >= 15 is 0 Å². The van der Waals surface area contributed by atoms with Gasteiger partial charge in [-0.2, -0.15) is 17.0 Å². The lowest BCUT2D eigenvalue weighted by Gasteiger charge is -2.07. The standard InChI is InChI=1S/C14H12N4O2S/c1-21-8-12-16-11(6-13(19)18-12)14(20)17-10-5-3-2-4-9(10)7-15/h2-6H,8H2,1H3,(H,17,20)(H,16,18,19). The number of carbonyl (C=O) groups is 1. The zero-order chi connectivity index (χ0) is 15.2. The van der Waals surface area contributed by atoms with Crippen LogP contribution in [-0.4, -0.2) is 22.1 Å². The van der Waals surface area contributed by atoms with Gasteiger partial charge in [0.1, 0.15) is 17.6 Å². The van der Waals surface area contributed by atoms with Gasteiger partial charge in [0.25, 0.3) is 11.5 Å². The number of anilines is 1. The van der Waals surface area contributed by atoms with E-state index in [1.54, 1.807) is 24.3 Å². The molecule has 0 fully saturated rings. The quantitative estimate of drug-likeness (QED) is 0.896. The monoisotopic (exact) mass is 300 g/mol. The minimum Gasteiger partial charge on any atom is -0.319 e. The molecule has 106 valence electrons. The predicted molar refractivity (Wildman–Crippen MR) is 81.2 cm³/mol. The third-order valence-electron chi connectivity index (χ3n) is 2.60. The molecule has 0 aliphatic rings. The number of aromatic nitrogens is 2. The van der Waals surface area contributed by atoms with Gasteiger partial charge in [0, 0.05) is 6.07 Å². The molecule has 1 aromatic heterocycles. The van der Waals surface area contributed by atoms with Crippen LogP contribution in [0, 0.1) is 11.3 Å². The molecule has 7 heteroatoms. The van der Waals surface area contributed by atoms with Gasteiger partial charge in [-0.15, -0.1) is 0 Å². The second-order valence-corrected chi connectivity index (χ2v) is 4.99. The summed E-state index contributed by atoms with van der Waals surface area (Å²) in [7, 11) is 0. The van der Waals surface area contributed by atoms with Crippen molar-refractivity contribution >= 4 is 23.4 Å². The van der Waals surface area contributed by atoms with E-state index < -0.39 is 5.91 Å². The fourth-order valence-electron chi connectivity index (χ4n) is 1.71.